The molecule has 120 valence electrons. The van der Waals surface area contributed by atoms with Crippen molar-refractivity contribution in [3.63, 3.8) is 0 Å². The van der Waals surface area contributed by atoms with Gasteiger partial charge in [0.15, 0.2) is 0 Å². The van der Waals surface area contributed by atoms with Crippen molar-refractivity contribution in [3.05, 3.63) is 34.6 Å². The summed E-state index contributed by atoms with van der Waals surface area (Å²) < 4.78 is 14.1. The Morgan fingerprint density at radius 1 is 1.41 bits per heavy atom. The molecule has 1 atom stereocenters. The average Bonchev–Trinajstić information content (AvgIpc) is 2.46. The van der Waals surface area contributed by atoms with Crippen LogP contribution in [0.1, 0.15) is 32.3 Å². The van der Waals surface area contributed by atoms with Crippen molar-refractivity contribution in [2.24, 2.45) is 5.92 Å². The number of carbonyl (C=O) groups is 2. The number of aliphatic carboxylic acids is 1. The number of rotatable bonds is 3. The van der Waals surface area contributed by atoms with Crippen LogP contribution in [0.3, 0.4) is 0 Å². The number of likely N-dealkylation sites (tertiary alicyclic amines) is 1. The van der Waals surface area contributed by atoms with Gasteiger partial charge in [-0.05, 0) is 38.8 Å². The molecular weight excluding hydrogens is 309 g/mol. The predicted molar refractivity (Wildman–Crippen MR) is 81.4 cm³/mol. The lowest BCUT2D eigenvalue weighted by Crippen LogP contribution is -2.49. The van der Waals surface area contributed by atoms with Crippen LogP contribution in [0.25, 0.3) is 0 Å². The summed E-state index contributed by atoms with van der Waals surface area (Å²) in [6.45, 7) is 3.96. The molecule has 1 aromatic carbocycles. The standard InChI is InChI=1S/C16H19ClFNO3/c1-16(2,12-6-5-11(17)8-13(12)18)15(22)19-7-3-4-10(9-19)14(20)21/h5-6,8,10H,3-4,7,9H2,1-2H3,(H,20,21)/t10-/m0/s1. The molecule has 1 aliphatic heterocycles. The van der Waals surface area contributed by atoms with Crippen LogP contribution < -0.4 is 0 Å². The van der Waals surface area contributed by atoms with Crippen molar-refractivity contribution in [3.8, 4) is 0 Å². The van der Waals surface area contributed by atoms with E-state index in [1.807, 2.05) is 0 Å². The number of amides is 1. The molecule has 1 aromatic rings. The number of nitrogens with zero attached hydrogens (tertiary/aromatic N) is 1. The largest absolute Gasteiger partial charge is 0.481 e. The fourth-order valence-electron chi connectivity index (χ4n) is 2.87. The molecule has 0 aliphatic carbocycles. The first-order chi connectivity index (χ1) is 10.2. The zero-order valence-corrected chi connectivity index (χ0v) is 13.4. The summed E-state index contributed by atoms with van der Waals surface area (Å²) in [5.41, 5.74) is -0.811. The molecule has 4 nitrogen and oxygen atoms in total. The molecule has 1 saturated heterocycles. The minimum atomic E-state index is -1.07. The van der Waals surface area contributed by atoms with Crippen LogP contribution in [-0.2, 0) is 15.0 Å². The third-order valence-corrected chi connectivity index (χ3v) is 4.43. The van der Waals surface area contributed by atoms with Crippen LogP contribution in [0.2, 0.25) is 5.02 Å². The molecule has 0 aromatic heterocycles. The van der Waals surface area contributed by atoms with E-state index in [-0.39, 0.29) is 23.0 Å². The Bertz CT molecular complexity index is 603. The number of hydrogen-bond donors (Lipinski definition) is 1. The second-order valence-corrected chi connectivity index (χ2v) is 6.61. The summed E-state index contributed by atoms with van der Waals surface area (Å²) in [5, 5.41) is 9.39. The fourth-order valence-corrected chi connectivity index (χ4v) is 3.03. The maximum atomic E-state index is 14.1. The van der Waals surface area contributed by atoms with E-state index in [4.69, 9.17) is 16.7 Å². The number of carboxylic acids is 1. The van der Waals surface area contributed by atoms with E-state index >= 15 is 0 Å². The summed E-state index contributed by atoms with van der Waals surface area (Å²) in [6.07, 6.45) is 1.21. The molecule has 1 aliphatic rings. The van der Waals surface area contributed by atoms with E-state index in [9.17, 15) is 14.0 Å². The fraction of sp³-hybridized carbons (Fsp3) is 0.500. The third-order valence-electron chi connectivity index (χ3n) is 4.20. The van der Waals surface area contributed by atoms with Crippen molar-refractivity contribution in [1.82, 2.24) is 4.90 Å². The minimum absolute atomic E-state index is 0.173. The van der Waals surface area contributed by atoms with E-state index in [2.05, 4.69) is 0 Å². The predicted octanol–water partition coefficient (Wildman–Crippen LogP) is 3.08. The van der Waals surface area contributed by atoms with Gasteiger partial charge in [-0.2, -0.15) is 0 Å². The molecule has 1 N–H and O–H groups in total. The van der Waals surface area contributed by atoms with Crippen molar-refractivity contribution in [1.29, 1.82) is 0 Å². The second-order valence-electron chi connectivity index (χ2n) is 6.18. The normalized spacial score (nSPS) is 19.1. The first kappa shape index (κ1) is 16.7. The Hall–Kier alpha value is -1.62. The van der Waals surface area contributed by atoms with Crippen LogP contribution in [0.5, 0.6) is 0 Å². The number of carboxylic acid groups (broad SMARTS) is 1. The van der Waals surface area contributed by atoms with E-state index in [1.165, 1.54) is 17.0 Å². The molecule has 0 unspecified atom stereocenters. The van der Waals surface area contributed by atoms with Crippen LogP contribution in [0.4, 0.5) is 4.39 Å². The lowest BCUT2D eigenvalue weighted by molar-refractivity contribution is -0.147. The van der Waals surface area contributed by atoms with Crippen molar-refractivity contribution < 1.29 is 19.1 Å². The number of halogens is 2. The van der Waals surface area contributed by atoms with E-state index in [0.29, 0.717) is 19.4 Å². The molecule has 0 saturated carbocycles. The smallest absolute Gasteiger partial charge is 0.308 e. The Morgan fingerprint density at radius 2 is 2.09 bits per heavy atom. The van der Waals surface area contributed by atoms with Gasteiger partial charge < -0.3 is 10.0 Å². The molecule has 6 heteroatoms. The zero-order chi connectivity index (χ0) is 16.5. The summed E-state index contributed by atoms with van der Waals surface area (Å²) in [4.78, 5) is 25.4. The topological polar surface area (TPSA) is 57.6 Å². The zero-order valence-electron chi connectivity index (χ0n) is 12.6. The lowest BCUT2D eigenvalue weighted by Gasteiger charge is -2.36. The molecule has 0 spiro atoms. The minimum Gasteiger partial charge on any atom is -0.481 e. The highest BCUT2D eigenvalue weighted by Crippen LogP contribution is 2.31. The SMILES string of the molecule is CC(C)(C(=O)N1CCC[C@H](C(=O)O)C1)c1ccc(Cl)cc1F. The number of piperidine rings is 1. The summed E-state index contributed by atoms with van der Waals surface area (Å²) in [7, 11) is 0. The van der Waals surface area contributed by atoms with Crippen LogP contribution in [0, 0.1) is 11.7 Å². The van der Waals surface area contributed by atoms with Gasteiger partial charge in [0, 0.05) is 23.7 Å². The Labute approximate surface area is 133 Å². The van der Waals surface area contributed by atoms with Gasteiger partial charge in [0.25, 0.3) is 0 Å². The van der Waals surface area contributed by atoms with Gasteiger partial charge in [0.2, 0.25) is 5.91 Å². The monoisotopic (exact) mass is 327 g/mol. The molecule has 1 heterocycles. The highest BCUT2D eigenvalue weighted by molar-refractivity contribution is 6.30. The average molecular weight is 328 g/mol. The lowest BCUT2D eigenvalue weighted by atomic mass is 9.82. The Morgan fingerprint density at radius 3 is 2.68 bits per heavy atom. The van der Waals surface area contributed by atoms with E-state index in [1.54, 1.807) is 19.9 Å². The molecular formula is C16H19ClFNO3. The summed E-state index contributed by atoms with van der Waals surface area (Å²) >= 11 is 5.75. The van der Waals surface area contributed by atoms with Crippen LogP contribution in [-0.4, -0.2) is 35.0 Å². The second kappa shape index (κ2) is 6.24. The molecule has 2 rings (SSSR count). The van der Waals surface area contributed by atoms with Crippen LogP contribution in [0.15, 0.2) is 18.2 Å². The van der Waals surface area contributed by atoms with Crippen molar-refractivity contribution in [2.45, 2.75) is 32.1 Å². The molecule has 0 bridgehead atoms. The first-order valence-corrected chi connectivity index (χ1v) is 7.59. The third kappa shape index (κ3) is 3.24. The maximum absolute atomic E-state index is 14.1. The maximum Gasteiger partial charge on any atom is 0.308 e. The van der Waals surface area contributed by atoms with Gasteiger partial charge in [-0.25, -0.2) is 4.39 Å². The van der Waals surface area contributed by atoms with Crippen LogP contribution >= 0.6 is 11.6 Å². The van der Waals surface area contributed by atoms with Gasteiger partial charge >= 0.3 is 5.97 Å². The number of carbonyl (C=O) groups excluding carboxylic acids is 1. The Kier molecular flexibility index (Phi) is 4.75. The van der Waals surface area contributed by atoms with Gasteiger partial charge in [-0.15, -0.1) is 0 Å². The van der Waals surface area contributed by atoms with E-state index < -0.39 is 23.1 Å². The van der Waals surface area contributed by atoms with Gasteiger partial charge in [0.1, 0.15) is 5.82 Å². The summed E-state index contributed by atoms with van der Waals surface area (Å²) in [5.74, 6) is -2.24. The van der Waals surface area contributed by atoms with Crippen molar-refractivity contribution in [2.75, 3.05) is 13.1 Å². The van der Waals surface area contributed by atoms with Gasteiger partial charge in [-0.3, -0.25) is 9.59 Å². The van der Waals surface area contributed by atoms with Gasteiger partial charge in [-0.1, -0.05) is 17.7 Å². The molecule has 1 amide bonds. The Balaban J connectivity index is 2.24. The van der Waals surface area contributed by atoms with Gasteiger partial charge in [0.05, 0.1) is 11.3 Å². The highest BCUT2D eigenvalue weighted by Gasteiger charge is 2.38. The highest BCUT2D eigenvalue weighted by atomic mass is 35.5. The first-order valence-electron chi connectivity index (χ1n) is 7.21. The molecule has 1 fully saturated rings. The summed E-state index contributed by atoms with van der Waals surface area (Å²) in [6, 6.07) is 4.24. The molecule has 0 radical (unpaired) electrons. The van der Waals surface area contributed by atoms with Crippen molar-refractivity contribution >= 4 is 23.5 Å². The molecule has 22 heavy (non-hydrogen) atoms. The number of hydrogen-bond acceptors (Lipinski definition) is 2. The number of benzene rings is 1. The quantitative estimate of drug-likeness (QED) is 0.928. The van der Waals surface area contributed by atoms with E-state index in [0.717, 1.165) is 0 Å².